The molecule has 0 bridgehead atoms. The lowest BCUT2D eigenvalue weighted by Gasteiger charge is -2.61. The molecule has 0 unspecified atom stereocenters. The van der Waals surface area contributed by atoms with Gasteiger partial charge in [0, 0.05) is 30.1 Å². The number of aliphatic hydroxyl groups is 16. The maximum atomic E-state index is 14.8. The number of hydrogen-bond donors (Lipinski definition) is 16. The lowest BCUT2D eigenvalue weighted by Crippen LogP contribution is -2.67. The fourth-order valence-corrected chi connectivity index (χ4v) is 15.4. The highest BCUT2D eigenvalue weighted by molar-refractivity contribution is 5.87. The van der Waals surface area contributed by atoms with Gasteiger partial charge in [-0.2, -0.15) is 0 Å². The van der Waals surface area contributed by atoms with Crippen molar-refractivity contribution in [2.24, 2.45) is 52.3 Å². The third-order valence-corrected chi connectivity index (χ3v) is 20.0. The van der Waals surface area contributed by atoms with E-state index in [1.807, 2.05) is 20.8 Å². The Kier molecular flexibility index (Phi) is 18.3. The minimum absolute atomic E-state index is 0.0390. The molecule has 9 fully saturated rings. The third-order valence-electron chi connectivity index (χ3n) is 20.0. The van der Waals surface area contributed by atoms with E-state index < -0.39 is 184 Å². The lowest BCUT2D eigenvalue weighted by atomic mass is 9.43. The van der Waals surface area contributed by atoms with Crippen LogP contribution in [0.3, 0.4) is 0 Å². The van der Waals surface area contributed by atoms with Crippen LogP contribution in [0, 0.1) is 52.3 Å². The molecule has 9 rings (SSSR count). The smallest absolute Gasteiger partial charge is 0.187 e. The van der Waals surface area contributed by atoms with Crippen LogP contribution in [0.5, 0.6) is 0 Å². The van der Waals surface area contributed by atoms with Crippen molar-refractivity contribution in [1.82, 2.24) is 0 Å². The molecule has 0 aromatic carbocycles. The molecule has 444 valence electrons. The van der Waals surface area contributed by atoms with Crippen LogP contribution < -0.4 is 0 Å². The van der Waals surface area contributed by atoms with Gasteiger partial charge in [-0.15, -0.1) is 0 Å². The van der Waals surface area contributed by atoms with Gasteiger partial charge in [0.2, 0.25) is 0 Å². The van der Waals surface area contributed by atoms with Crippen molar-refractivity contribution in [2.75, 3.05) is 33.0 Å². The summed E-state index contributed by atoms with van der Waals surface area (Å²) in [5.74, 6) is -2.31. The van der Waals surface area contributed by atoms with Gasteiger partial charge in [-0.1, -0.05) is 27.7 Å². The molecule has 4 aliphatic carbocycles. The van der Waals surface area contributed by atoms with Crippen molar-refractivity contribution in [3.8, 4) is 0 Å². The topological polar surface area (TPSA) is 424 Å². The molecule has 4 saturated carbocycles. The third kappa shape index (κ3) is 10.6. The molecule has 0 amide bonds. The minimum atomic E-state index is -1.95. The summed E-state index contributed by atoms with van der Waals surface area (Å²) in [5, 5.41) is 171. The average molecular weight is 1110 g/mol. The van der Waals surface area contributed by atoms with E-state index in [0.717, 1.165) is 12.8 Å². The summed E-state index contributed by atoms with van der Waals surface area (Å²) < 4.78 is 52.9. The van der Waals surface area contributed by atoms with Crippen molar-refractivity contribution in [3.05, 3.63) is 0 Å². The second kappa shape index (κ2) is 23.4. The van der Waals surface area contributed by atoms with Crippen molar-refractivity contribution in [3.63, 3.8) is 0 Å². The molecule has 16 N–H and O–H groups in total. The van der Waals surface area contributed by atoms with Gasteiger partial charge in [-0.25, -0.2) is 0 Å². The number of ketones is 1. The predicted molar refractivity (Wildman–Crippen MR) is 253 cm³/mol. The maximum Gasteiger partial charge on any atom is 0.187 e. The summed E-state index contributed by atoms with van der Waals surface area (Å²) in [6.45, 7) is 4.95. The Bertz CT molecular complexity index is 1990. The van der Waals surface area contributed by atoms with E-state index in [9.17, 15) is 86.5 Å². The molecule has 77 heavy (non-hydrogen) atoms. The summed E-state index contributed by atoms with van der Waals surface area (Å²) in [5.41, 5.74) is -1.28. The lowest BCUT2D eigenvalue weighted by molar-refractivity contribution is -0.391. The SMILES string of the molecule is C[C@@H](CC[C@@]1(O)O[C@H]2C[C@H]3[C@@H]4CC[C@H]5C[C@@H](O[C@@H]6O[C@H](CO)[C@H](O[C@@H]7O[C@H](CO)[C@@H](O)[C@H](O)[C@H]7O[C@@H]7O[C@H](CO)[C@@H](O)[C@H](O)[C@H]7O)[C@H](O)[C@H]6O)[C@H](O)C[C@]5(C)[C@H]4CC(=O)[C@]3(C)[C@H]2[C@@H]1C)CO[C@@H]1O[C@H](CO)[C@@H](O)[C@H](O)[C@H]1O. The fraction of sp³-hybridized carbons (Fsp3) is 0.980. The van der Waals surface area contributed by atoms with Gasteiger partial charge in [0.1, 0.15) is 103 Å². The molecule has 5 saturated heterocycles. The van der Waals surface area contributed by atoms with E-state index in [-0.39, 0.29) is 73.3 Å². The first-order valence-corrected chi connectivity index (χ1v) is 27.4. The molecule has 0 spiro atoms. The van der Waals surface area contributed by atoms with Crippen LogP contribution in [0.4, 0.5) is 0 Å². The molecular weight excluding hydrogens is 1030 g/mol. The number of rotatable bonds is 16. The van der Waals surface area contributed by atoms with Crippen LogP contribution >= 0.6 is 0 Å². The van der Waals surface area contributed by atoms with Gasteiger partial charge in [-0.3, -0.25) is 4.79 Å². The first-order valence-electron chi connectivity index (χ1n) is 27.4. The van der Waals surface area contributed by atoms with Crippen LogP contribution in [-0.2, 0) is 47.4 Å². The van der Waals surface area contributed by atoms with Crippen LogP contribution in [0.15, 0.2) is 0 Å². The number of fused-ring (bicyclic) bond motifs is 7. The summed E-state index contributed by atoms with van der Waals surface area (Å²) in [4.78, 5) is 14.8. The molecule has 5 aliphatic heterocycles. The highest BCUT2D eigenvalue weighted by atomic mass is 16.8. The van der Waals surface area contributed by atoms with Gasteiger partial charge in [0.25, 0.3) is 0 Å². The molecule has 9 aliphatic rings. The normalized spacial score (nSPS) is 55.3. The monoisotopic (exact) mass is 1110 g/mol. The van der Waals surface area contributed by atoms with Crippen molar-refractivity contribution in [1.29, 1.82) is 0 Å². The standard InChI is InChI=1S/C51H84O26/c1-18(17-69-45-40(65)36(61)33(58)27(13-52)71-45)7-8-51(68)19(2)32-26(77-51)10-23-21-6-5-20-9-25(24(56)12-49(20,3)22(21)11-31(57)50(23,32)4)70-46-42(67)39(64)43(30(16-55)74-46)75-48-44(38(63)35(60)29(15-54)73-48)76-47-41(66)37(62)34(59)28(14-53)72-47/h18-30,32-48,52-56,58-68H,5-17H2,1-4H3/t18-,19-,20-,21+,22-,23-,24+,25+,26-,27+,28+,29+,30+,32-,33+,34+,35+,36-,37-,38-,39+,40+,41+,42+,43-,44+,45+,46+,47-,48-,49-,50+,51+/m0/s1. The Morgan fingerprint density at radius 3 is 1.75 bits per heavy atom. The largest absolute Gasteiger partial charge is 0.394 e. The Labute approximate surface area is 445 Å². The van der Waals surface area contributed by atoms with Crippen LogP contribution in [-0.4, -0.2) is 267 Å². The second-order valence-corrected chi connectivity index (χ2v) is 24.3. The Morgan fingerprint density at radius 1 is 0.610 bits per heavy atom. The van der Waals surface area contributed by atoms with Crippen molar-refractivity contribution >= 4 is 5.78 Å². The Hall–Kier alpha value is -1.33. The van der Waals surface area contributed by atoms with E-state index in [1.54, 1.807) is 0 Å². The van der Waals surface area contributed by atoms with Crippen LogP contribution in [0.25, 0.3) is 0 Å². The fourth-order valence-electron chi connectivity index (χ4n) is 15.4. The number of Topliss-reactive ketones (excluding diaryl/α,β-unsaturated/α-hetero) is 1. The van der Waals surface area contributed by atoms with Crippen molar-refractivity contribution in [2.45, 2.75) is 226 Å². The summed E-state index contributed by atoms with van der Waals surface area (Å²) in [7, 11) is 0. The molecule has 26 nitrogen and oxygen atoms in total. The summed E-state index contributed by atoms with van der Waals surface area (Å²) in [6.07, 6.45) is -32.2. The summed E-state index contributed by atoms with van der Waals surface area (Å²) in [6, 6.07) is 0. The van der Waals surface area contributed by atoms with Gasteiger partial charge in [0.05, 0.1) is 51.3 Å². The molecule has 26 heteroatoms. The Balaban J connectivity index is 0.810. The minimum Gasteiger partial charge on any atom is -0.394 e. The van der Waals surface area contributed by atoms with E-state index in [2.05, 4.69) is 6.92 Å². The quantitative estimate of drug-likeness (QED) is 0.0640. The highest BCUT2D eigenvalue weighted by Crippen LogP contribution is 2.70. The zero-order valence-corrected chi connectivity index (χ0v) is 43.8. The van der Waals surface area contributed by atoms with E-state index in [4.69, 9.17) is 42.6 Å². The molecular formula is C51H84O26. The van der Waals surface area contributed by atoms with Gasteiger partial charge in [0.15, 0.2) is 30.9 Å². The number of ether oxygens (including phenoxy) is 9. The molecule has 0 aromatic heterocycles. The van der Waals surface area contributed by atoms with Gasteiger partial charge >= 0.3 is 0 Å². The number of carbonyl (C=O) groups excluding carboxylic acids is 1. The van der Waals surface area contributed by atoms with E-state index in [0.29, 0.717) is 19.3 Å². The molecule has 0 radical (unpaired) electrons. The van der Waals surface area contributed by atoms with Crippen LogP contribution in [0.2, 0.25) is 0 Å². The molecule has 5 heterocycles. The van der Waals surface area contributed by atoms with Gasteiger partial charge < -0.3 is 124 Å². The highest BCUT2D eigenvalue weighted by Gasteiger charge is 2.71. The Morgan fingerprint density at radius 2 is 1.13 bits per heavy atom. The summed E-state index contributed by atoms with van der Waals surface area (Å²) >= 11 is 0. The second-order valence-electron chi connectivity index (χ2n) is 24.3. The first kappa shape index (κ1) is 60.3. The van der Waals surface area contributed by atoms with Gasteiger partial charge in [-0.05, 0) is 73.5 Å². The maximum absolute atomic E-state index is 14.8. The van der Waals surface area contributed by atoms with Crippen LogP contribution in [0.1, 0.15) is 79.1 Å². The zero-order chi connectivity index (χ0) is 56.0. The van der Waals surface area contributed by atoms with Crippen molar-refractivity contribution < 1.29 is 129 Å². The first-order chi connectivity index (χ1) is 36.4. The van der Waals surface area contributed by atoms with E-state index >= 15 is 0 Å². The zero-order valence-electron chi connectivity index (χ0n) is 43.8. The average Bonchev–Trinajstić information content (AvgIpc) is 3.99. The number of carbonyl (C=O) groups is 1. The molecule has 0 aromatic rings. The predicted octanol–water partition coefficient (Wildman–Crippen LogP) is -5.81. The molecule has 33 atom stereocenters. The van der Waals surface area contributed by atoms with E-state index in [1.165, 1.54) is 0 Å². The number of aliphatic hydroxyl groups excluding tert-OH is 15. The number of hydrogen-bond acceptors (Lipinski definition) is 26.